The summed E-state index contributed by atoms with van der Waals surface area (Å²) in [5.74, 6) is -1.21. The molecule has 0 bridgehead atoms. The average molecular weight is 358 g/mol. The number of rotatable bonds is 4. The molecule has 0 radical (unpaired) electrons. The van der Waals surface area contributed by atoms with Crippen LogP contribution in [0.3, 0.4) is 0 Å². The molecule has 136 valence electrons. The number of nitro benzene ring substituents is 1. The van der Waals surface area contributed by atoms with E-state index in [2.05, 4.69) is 5.32 Å². The summed E-state index contributed by atoms with van der Waals surface area (Å²) in [6, 6.07) is 9.84. The lowest BCUT2D eigenvalue weighted by molar-refractivity contribution is -0.384. The summed E-state index contributed by atoms with van der Waals surface area (Å²) in [5, 5.41) is 22.9. The number of benzene rings is 2. The maximum absolute atomic E-state index is 11.9. The predicted molar refractivity (Wildman–Crippen MR) is 95.3 cm³/mol. The zero-order valence-electron chi connectivity index (χ0n) is 14.5. The number of carbonyl (C=O) groups is 2. The van der Waals surface area contributed by atoms with E-state index in [1.807, 2.05) is 0 Å². The summed E-state index contributed by atoms with van der Waals surface area (Å²) in [6.07, 6.45) is -0.660. The van der Waals surface area contributed by atoms with Gasteiger partial charge in [0.15, 0.2) is 0 Å². The Kier molecular flexibility index (Phi) is 5.25. The van der Waals surface area contributed by atoms with Crippen LogP contribution in [0, 0.1) is 10.1 Å². The molecule has 0 spiro atoms. The minimum atomic E-state index is -1.21. The van der Waals surface area contributed by atoms with Gasteiger partial charge in [0.1, 0.15) is 5.60 Å². The van der Waals surface area contributed by atoms with Crippen molar-refractivity contribution in [2.24, 2.45) is 0 Å². The van der Waals surface area contributed by atoms with Crippen molar-refractivity contribution in [3.8, 4) is 11.1 Å². The molecule has 0 aliphatic heterocycles. The van der Waals surface area contributed by atoms with Gasteiger partial charge in [-0.15, -0.1) is 0 Å². The molecule has 0 aliphatic rings. The zero-order valence-corrected chi connectivity index (χ0v) is 14.5. The molecule has 8 heteroatoms. The first-order chi connectivity index (χ1) is 12.1. The Morgan fingerprint density at radius 3 is 2.42 bits per heavy atom. The lowest BCUT2D eigenvalue weighted by Crippen LogP contribution is -2.27. The lowest BCUT2D eigenvalue weighted by atomic mass is 9.98. The summed E-state index contributed by atoms with van der Waals surface area (Å²) in [4.78, 5) is 33.7. The van der Waals surface area contributed by atoms with Gasteiger partial charge in [-0.1, -0.05) is 12.1 Å². The summed E-state index contributed by atoms with van der Waals surface area (Å²) in [5.41, 5.74) is -0.00241. The van der Waals surface area contributed by atoms with Gasteiger partial charge in [-0.2, -0.15) is 0 Å². The first-order valence-electron chi connectivity index (χ1n) is 7.69. The molecule has 0 aromatic heterocycles. The van der Waals surface area contributed by atoms with Crippen LogP contribution < -0.4 is 5.32 Å². The SMILES string of the molecule is CC(C)(C)OC(=O)Nc1cccc(-c2cc([N+](=O)[O-])ccc2C(=O)O)c1. The number of anilines is 1. The Balaban J connectivity index is 2.40. The van der Waals surface area contributed by atoms with Gasteiger partial charge < -0.3 is 9.84 Å². The second kappa shape index (κ2) is 7.22. The quantitative estimate of drug-likeness (QED) is 0.621. The minimum Gasteiger partial charge on any atom is -0.478 e. The molecule has 1 amide bonds. The molecular formula is C18H18N2O6. The second-order valence-electron chi connectivity index (χ2n) is 6.50. The Morgan fingerprint density at radius 2 is 1.85 bits per heavy atom. The molecule has 8 nitrogen and oxygen atoms in total. The van der Waals surface area contributed by atoms with Crippen LogP contribution in [0.1, 0.15) is 31.1 Å². The maximum Gasteiger partial charge on any atom is 0.412 e. The smallest absolute Gasteiger partial charge is 0.412 e. The third-order valence-electron chi connectivity index (χ3n) is 3.26. The van der Waals surface area contributed by atoms with E-state index < -0.39 is 22.6 Å². The molecule has 26 heavy (non-hydrogen) atoms. The molecule has 0 saturated carbocycles. The number of amides is 1. The van der Waals surface area contributed by atoms with Gasteiger partial charge in [0.05, 0.1) is 10.5 Å². The molecule has 2 rings (SSSR count). The van der Waals surface area contributed by atoms with Crippen molar-refractivity contribution in [2.75, 3.05) is 5.32 Å². The Labute approximate surface area is 149 Å². The number of carboxylic acid groups (broad SMARTS) is 1. The van der Waals surface area contributed by atoms with E-state index >= 15 is 0 Å². The van der Waals surface area contributed by atoms with Crippen LogP contribution >= 0.6 is 0 Å². The minimum absolute atomic E-state index is 0.0787. The Morgan fingerprint density at radius 1 is 1.15 bits per heavy atom. The standard InChI is InChI=1S/C18H18N2O6/c1-18(2,3)26-17(23)19-12-6-4-5-11(9-12)15-10-13(20(24)25)7-8-14(15)16(21)22/h4-10H,1-3H3,(H,19,23)(H,21,22). The van der Waals surface area contributed by atoms with Crippen molar-refractivity contribution in [1.82, 2.24) is 0 Å². The van der Waals surface area contributed by atoms with E-state index in [-0.39, 0.29) is 16.8 Å². The number of aromatic carboxylic acids is 1. The highest BCUT2D eigenvalue weighted by atomic mass is 16.6. The highest BCUT2D eigenvalue weighted by Gasteiger charge is 2.18. The number of nitrogens with one attached hydrogen (secondary N) is 1. The third kappa shape index (κ3) is 4.79. The van der Waals surface area contributed by atoms with Crippen molar-refractivity contribution in [2.45, 2.75) is 26.4 Å². The number of hydrogen-bond acceptors (Lipinski definition) is 5. The van der Waals surface area contributed by atoms with Crippen molar-refractivity contribution in [3.05, 3.63) is 58.1 Å². The first-order valence-corrected chi connectivity index (χ1v) is 7.69. The molecular weight excluding hydrogens is 340 g/mol. The summed E-state index contributed by atoms with van der Waals surface area (Å²) in [7, 11) is 0. The normalized spacial score (nSPS) is 10.9. The number of nitro groups is 1. The third-order valence-corrected chi connectivity index (χ3v) is 3.26. The Hall–Kier alpha value is -3.42. The van der Waals surface area contributed by atoms with Crippen LogP contribution in [0.4, 0.5) is 16.2 Å². The molecule has 0 heterocycles. The molecule has 0 unspecified atom stereocenters. The molecule has 2 aromatic carbocycles. The fraction of sp³-hybridized carbons (Fsp3) is 0.222. The van der Waals surface area contributed by atoms with Gasteiger partial charge in [-0.25, -0.2) is 9.59 Å². The lowest BCUT2D eigenvalue weighted by Gasteiger charge is -2.19. The molecule has 2 N–H and O–H groups in total. The second-order valence-corrected chi connectivity index (χ2v) is 6.50. The molecule has 0 saturated heterocycles. The fourth-order valence-corrected chi connectivity index (χ4v) is 2.26. The summed E-state index contributed by atoms with van der Waals surface area (Å²) >= 11 is 0. The monoisotopic (exact) mass is 358 g/mol. The van der Waals surface area contributed by atoms with Crippen LogP contribution in [0.25, 0.3) is 11.1 Å². The van der Waals surface area contributed by atoms with E-state index in [4.69, 9.17) is 4.74 Å². The van der Waals surface area contributed by atoms with Crippen LogP contribution in [0.5, 0.6) is 0 Å². The zero-order chi connectivity index (χ0) is 19.5. The molecule has 0 fully saturated rings. The maximum atomic E-state index is 11.9. The van der Waals surface area contributed by atoms with Crippen molar-refractivity contribution >= 4 is 23.4 Å². The average Bonchev–Trinajstić information content (AvgIpc) is 2.52. The van der Waals surface area contributed by atoms with Gasteiger partial charge in [-0.05, 0) is 44.5 Å². The number of ether oxygens (including phenoxy) is 1. The van der Waals surface area contributed by atoms with Gasteiger partial charge in [0, 0.05) is 23.4 Å². The van der Waals surface area contributed by atoms with Gasteiger partial charge in [0.25, 0.3) is 5.69 Å². The highest BCUT2D eigenvalue weighted by Crippen LogP contribution is 2.30. The molecule has 0 aliphatic carbocycles. The van der Waals surface area contributed by atoms with Crippen molar-refractivity contribution in [3.63, 3.8) is 0 Å². The summed E-state index contributed by atoms with van der Waals surface area (Å²) < 4.78 is 5.17. The molecule has 0 atom stereocenters. The number of hydrogen-bond donors (Lipinski definition) is 2. The van der Waals surface area contributed by atoms with E-state index in [0.29, 0.717) is 11.3 Å². The van der Waals surface area contributed by atoms with E-state index in [1.54, 1.807) is 39.0 Å². The number of carbonyl (C=O) groups excluding carboxylic acids is 1. The van der Waals surface area contributed by atoms with Gasteiger partial charge in [-0.3, -0.25) is 15.4 Å². The molecule has 2 aromatic rings. The summed E-state index contributed by atoms with van der Waals surface area (Å²) in [6.45, 7) is 5.18. The van der Waals surface area contributed by atoms with E-state index in [0.717, 1.165) is 6.07 Å². The van der Waals surface area contributed by atoms with Crippen molar-refractivity contribution in [1.29, 1.82) is 0 Å². The topological polar surface area (TPSA) is 119 Å². The predicted octanol–water partition coefficient (Wildman–Crippen LogP) is 4.31. The Bertz CT molecular complexity index is 870. The highest BCUT2D eigenvalue weighted by molar-refractivity contribution is 5.97. The van der Waals surface area contributed by atoms with Crippen LogP contribution in [-0.4, -0.2) is 27.7 Å². The van der Waals surface area contributed by atoms with E-state index in [9.17, 15) is 24.8 Å². The number of nitrogens with zero attached hydrogens (tertiary/aromatic N) is 1. The van der Waals surface area contributed by atoms with Crippen molar-refractivity contribution < 1.29 is 24.4 Å². The largest absolute Gasteiger partial charge is 0.478 e. The fourth-order valence-electron chi connectivity index (χ4n) is 2.26. The van der Waals surface area contributed by atoms with Gasteiger partial charge in [0.2, 0.25) is 0 Å². The first kappa shape index (κ1) is 18.9. The number of carboxylic acids is 1. The van der Waals surface area contributed by atoms with Crippen LogP contribution in [0.2, 0.25) is 0 Å². The van der Waals surface area contributed by atoms with Crippen LogP contribution in [0.15, 0.2) is 42.5 Å². The van der Waals surface area contributed by atoms with Gasteiger partial charge >= 0.3 is 12.1 Å². The number of non-ortho nitro benzene ring substituents is 1. The van der Waals surface area contributed by atoms with Crippen LogP contribution in [-0.2, 0) is 4.74 Å². The van der Waals surface area contributed by atoms with E-state index in [1.165, 1.54) is 18.2 Å².